The third-order valence-corrected chi connectivity index (χ3v) is 11.3. The summed E-state index contributed by atoms with van der Waals surface area (Å²) < 4.78 is 6.79. The maximum atomic E-state index is 10.8. The summed E-state index contributed by atoms with van der Waals surface area (Å²) in [6.07, 6.45) is 0. The van der Waals surface area contributed by atoms with Gasteiger partial charge in [0.05, 0.1) is 63.6 Å². The van der Waals surface area contributed by atoms with Crippen molar-refractivity contribution in [2.75, 3.05) is 0 Å². The fraction of sp³-hybridized carbons (Fsp3) is 0. The quantitative estimate of drug-likeness (QED) is 0.167. The van der Waals surface area contributed by atoms with E-state index in [0.29, 0.717) is 16.9 Å². The lowest BCUT2D eigenvalue weighted by Gasteiger charge is -2.16. The highest BCUT2D eigenvalue weighted by atomic mass is 15.0. The van der Waals surface area contributed by atoms with Gasteiger partial charge in [0.25, 0.3) is 0 Å². The third kappa shape index (κ3) is 4.68. The summed E-state index contributed by atoms with van der Waals surface area (Å²) in [5.74, 6) is 0. The van der Waals surface area contributed by atoms with Gasteiger partial charge >= 0.3 is 0 Å². The molecule has 0 atom stereocenters. The van der Waals surface area contributed by atoms with Crippen LogP contribution in [0.2, 0.25) is 0 Å². The van der Waals surface area contributed by atoms with E-state index in [0.717, 1.165) is 71.8 Å². The molecule has 6 heteroatoms. The van der Waals surface area contributed by atoms with Crippen LogP contribution in [0.1, 0.15) is 5.56 Å². The van der Waals surface area contributed by atoms with Crippen molar-refractivity contribution in [3.05, 3.63) is 198 Å². The largest absolute Gasteiger partial charge is 0.309 e. The smallest absolute Gasteiger partial charge is 0.188 e. The average molecular weight is 725 g/mol. The Morgan fingerprint density at radius 2 is 0.825 bits per heavy atom. The van der Waals surface area contributed by atoms with Crippen LogP contribution in [0.3, 0.4) is 0 Å². The van der Waals surface area contributed by atoms with Crippen LogP contribution >= 0.6 is 0 Å². The van der Waals surface area contributed by atoms with Crippen LogP contribution in [0.25, 0.3) is 103 Å². The number of fused-ring (bicyclic) bond motifs is 9. The van der Waals surface area contributed by atoms with Crippen LogP contribution in [0.5, 0.6) is 0 Å². The first-order valence-corrected chi connectivity index (χ1v) is 18.6. The Bertz CT molecular complexity index is 3500. The molecule has 8 aromatic carbocycles. The van der Waals surface area contributed by atoms with Crippen molar-refractivity contribution in [3.63, 3.8) is 0 Å². The van der Waals surface area contributed by atoms with Gasteiger partial charge in [-0.05, 0) is 89.6 Å². The van der Waals surface area contributed by atoms with Gasteiger partial charge in [0.15, 0.2) is 11.4 Å². The third-order valence-electron chi connectivity index (χ3n) is 11.3. The molecule has 0 saturated carbocycles. The molecule has 0 fully saturated rings. The fourth-order valence-corrected chi connectivity index (χ4v) is 8.87. The zero-order valence-electron chi connectivity index (χ0n) is 30.3. The predicted octanol–water partition coefficient (Wildman–Crippen LogP) is 13.6. The molecule has 0 radical (unpaired) electrons. The summed E-state index contributed by atoms with van der Waals surface area (Å²) in [5.41, 5.74) is 12.6. The molecular weight excluding hydrogens is 697 g/mol. The van der Waals surface area contributed by atoms with Gasteiger partial charge in [0.2, 0.25) is 0 Å². The number of para-hydroxylation sites is 4. The van der Waals surface area contributed by atoms with Crippen molar-refractivity contribution >= 4 is 76.8 Å². The highest BCUT2D eigenvalue weighted by Crippen LogP contribution is 2.41. The molecule has 6 nitrogen and oxygen atoms in total. The van der Waals surface area contributed by atoms with E-state index in [9.17, 15) is 5.26 Å². The van der Waals surface area contributed by atoms with E-state index in [1.165, 1.54) is 21.8 Å². The molecule has 0 spiro atoms. The van der Waals surface area contributed by atoms with Gasteiger partial charge in [0, 0.05) is 44.0 Å². The lowest BCUT2D eigenvalue weighted by Crippen LogP contribution is -2.00. The summed E-state index contributed by atoms with van der Waals surface area (Å²) in [6.45, 7) is 15.2. The van der Waals surface area contributed by atoms with E-state index in [1.54, 1.807) is 0 Å². The van der Waals surface area contributed by atoms with Crippen molar-refractivity contribution in [2.24, 2.45) is 0 Å². The zero-order chi connectivity index (χ0) is 38.2. The normalized spacial score (nSPS) is 11.5. The first-order valence-electron chi connectivity index (χ1n) is 18.6. The summed E-state index contributed by atoms with van der Waals surface area (Å²) >= 11 is 0. The molecule has 57 heavy (non-hydrogen) atoms. The van der Waals surface area contributed by atoms with Gasteiger partial charge in [-0.2, -0.15) is 5.26 Å². The molecule has 262 valence electrons. The first-order chi connectivity index (χ1) is 28.1. The molecule has 0 unspecified atom stereocenters. The van der Waals surface area contributed by atoms with E-state index < -0.39 is 0 Å². The molecule has 11 aromatic rings. The molecule has 0 aliphatic carbocycles. The number of aromatic nitrogens is 3. The van der Waals surface area contributed by atoms with Crippen molar-refractivity contribution in [3.8, 4) is 34.3 Å². The van der Waals surface area contributed by atoms with Gasteiger partial charge in [-0.15, -0.1) is 0 Å². The molecule has 0 amide bonds. The Morgan fingerprint density at radius 3 is 1.42 bits per heavy atom. The van der Waals surface area contributed by atoms with Crippen LogP contribution in [0.4, 0.5) is 11.4 Å². The lowest BCUT2D eigenvalue weighted by atomic mass is 9.97. The second-order valence-corrected chi connectivity index (χ2v) is 14.2. The second kappa shape index (κ2) is 12.3. The Morgan fingerprint density at radius 1 is 0.386 bits per heavy atom. The SMILES string of the molecule is [C-]#[N+]c1ccc2c(c1)c1cc([N+]#[C-])ccc1n2-c1ccc(-c2ccccc2-n2c3ccccc3c3cc(-n4c5ccccc5c5ccccc54)ccc32)c(C#N)c1. The maximum Gasteiger partial charge on any atom is 0.188 e. The van der Waals surface area contributed by atoms with Crippen molar-refractivity contribution in [1.29, 1.82) is 5.26 Å². The molecular formula is C51H28N6. The monoisotopic (exact) mass is 724 g/mol. The highest BCUT2D eigenvalue weighted by molar-refractivity contribution is 6.13. The van der Waals surface area contributed by atoms with Gasteiger partial charge in [-0.25, -0.2) is 9.69 Å². The molecule has 0 aliphatic rings. The minimum Gasteiger partial charge on any atom is -0.309 e. The van der Waals surface area contributed by atoms with Crippen LogP contribution < -0.4 is 0 Å². The number of nitriles is 1. The second-order valence-electron chi connectivity index (χ2n) is 14.2. The minimum atomic E-state index is 0.535. The zero-order valence-corrected chi connectivity index (χ0v) is 30.3. The van der Waals surface area contributed by atoms with Crippen molar-refractivity contribution in [2.45, 2.75) is 0 Å². The number of rotatable bonds is 4. The summed E-state index contributed by atoms with van der Waals surface area (Å²) in [7, 11) is 0. The summed E-state index contributed by atoms with van der Waals surface area (Å²) in [4.78, 5) is 7.33. The van der Waals surface area contributed by atoms with Gasteiger partial charge < -0.3 is 13.7 Å². The lowest BCUT2D eigenvalue weighted by molar-refractivity contribution is 1.16. The minimum absolute atomic E-state index is 0.535. The average Bonchev–Trinajstić information content (AvgIpc) is 3.91. The molecule has 0 aliphatic heterocycles. The van der Waals surface area contributed by atoms with E-state index in [-0.39, 0.29) is 0 Å². The van der Waals surface area contributed by atoms with Gasteiger partial charge in [-0.1, -0.05) is 91.0 Å². The number of nitrogens with zero attached hydrogens (tertiary/aromatic N) is 6. The fourth-order valence-electron chi connectivity index (χ4n) is 8.87. The van der Waals surface area contributed by atoms with E-state index in [1.807, 2.05) is 54.6 Å². The predicted molar refractivity (Wildman–Crippen MR) is 232 cm³/mol. The molecule has 3 aromatic heterocycles. The van der Waals surface area contributed by atoms with Crippen LogP contribution in [-0.2, 0) is 0 Å². The first kappa shape index (κ1) is 32.1. The summed E-state index contributed by atoms with van der Waals surface area (Å²) in [6, 6.07) is 60.6. The van der Waals surface area contributed by atoms with Crippen LogP contribution in [-0.4, -0.2) is 13.7 Å². The Labute approximate surface area is 327 Å². The van der Waals surface area contributed by atoms with E-state index in [4.69, 9.17) is 13.1 Å². The highest BCUT2D eigenvalue weighted by Gasteiger charge is 2.20. The molecule has 0 bridgehead atoms. The standard InChI is InChI=1S/C51H28N6/c1-53-33-19-24-49-42(28-33)43-29-34(54-2)20-25-50(43)55(49)35-21-23-37(32(27-35)31-52)38-11-3-9-17-47(38)57-48-18-10-6-14-41(48)44-30-36(22-26-51(44)57)56-45-15-7-4-12-39(45)40-13-5-8-16-46(40)56/h3-30H. The van der Waals surface area contributed by atoms with Crippen molar-refractivity contribution in [1.82, 2.24) is 13.7 Å². The van der Waals surface area contributed by atoms with Crippen molar-refractivity contribution < 1.29 is 0 Å². The molecule has 3 heterocycles. The summed E-state index contributed by atoms with van der Waals surface area (Å²) in [5, 5.41) is 17.3. The van der Waals surface area contributed by atoms with E-state index in [2.05, 4.69) is 145 Å². The number of hydrogen-bond acceptors (Lipinski definition) is 1. The van der Waals surface area contributed by atoms with E-state index >= 15 is 0 Å². The number of hydrogen-bond donors (Lipinski definition) is 0. The Hall–Kier alpha value is -8.37. The van der Waals surface area contributed by atoms with Crippen LogP contribution in [0.15, 0.2) is 170 Å². The maximum absolute atomic E-state index is 10.8. The van der Waals surface area contributed by atoms with Gasteiger partial charge in [-0.3, -0.25) is 0 Å². The van der Waals surface area contributed by atoms with Crippen LogP contribution in [0, 0.1) is 24.5 Å². The number of benzene rings is 8. The topological polar surface area (TPSA) is 47.3 Å². The Kier molecular flexibility index (Phi) is 6.95. The molecule has 0 N–H and O–H groups in total. The molecule has 11 rings (SSSR count). The Balaban J connectivity index is 1.10. The van der Waals surface area contributed by atoms with Gasteiger partial charge in [0.1, 0.15) is 0 Å². The molecule has 0 saturated heterocycles.